The molecule has 3 heterocycles. The van der Waals surface area contributed by atoms with Gasteiger partial charge in [0.15, 0.2) is 11.5 Å². The molecule has 3 rings (SSSR count). The molecule has 154 valence electrons. The van der Waals surface area contributed by atoms with E-state index in [2.05, 4.69) is 15.0 Å². The lowest BCUT2D eigenvalue weighted by molar-refractivity contribution is -0.289. The molecule has 0 aromatic carbocycles. The average Bonchev–Trinajstić information content (AvgIpc) is 2.97. The first kappa shape index (κ1) is 21.5. The highest BCUT2D eigenvalue weighted by Gasteiger charge is 2.59. The molecular formula is C16H14BF5N4O2S. The van der Waals surface area contributed by atoms with Crippen molar-refractivity contribution in [2.24, 2.45) is 7.05 Å². The Morgan fingerprint density at radius 3 is 2.38 bits per heavy atom. The molecule has 0 aliphatic carbocycles. The number of nitrogens with zero attached hydrogens (tertiary/aromatic N) is 4. The molecule has 2 N–H and O–H groups in total. The van der Waals surface area contributed by atoms with Crippen LogP contribution < -0.4 is 5.46 Å². The standard InChI is InChI=1S/C16H14BF5N4O2S/c1-3-29-11-5-9(17(27)28)7-23-12(11)14-25-10-4-8(6-24-13(10)26(14)2)15(18,19)16(20,21)22/h4-7,27-28H,3H2,1-2H3. The van der Waals surface area contributed by atoms with E-state index in [1.54, 1.807) is 0 Å². The third-order valence-corrected chi connectivity index (χ3v) is 5.02. The molecule has 6 nitrogen and oxygen atoms in total. The highest BCUT2D eigenvalue weighted by molar-refractivity contribution is 7.99. The summed E-state index contributed by atoms with van der Waals surface area (Å²) in [5.74, 6) is -4.26. The Labute approximate surface area is 166 Å². The van der Waals surface area contributed by atoms with E-state index in [-0.39, 0.29) is 22.5 Å². The largest absolute Gasteiger partial charge is 0.490 e. The van der Waals surface area contributed by atoms with Gasteiger partial charge >= 0.3 is 19.2 Å². The summed E-state index contributed by atoms with van der Waals surface area (Å²) in [5.41, 5.74) is -0.900. The lowest BCUT2D eigenvalue weighted by Gasteiger charge is -2.19. The van der Waals surface area contributed by atoms with Crippen molar-refractivity contribution in [1.29, 1.82) is 0 Å². The molecule has 3 aromatic rings. The fraction of sp³-hybridized carbons (Fsp3) is 0.312. The van der Waals surface area contributed by atoms with Gasteiger partial charge in [-0.3, -0.25) is 4.98 Å². The normalized spacial score (nSPS) is 12.6. The number of aryl methyl sites for hydroxylation is 1. The van der Waals surface area contributed by atoms with E-state index in [1.807, 2.05) is 6.92 Å². The molecule has 3 aromatic heterocycles. The van der Waals surface area contributed by atoms with Crippen molar-refractivity contribution in [3.05, 3.63) is 30.1 Å². The first-order chi connectivity index (χ1) is 13.5. The predicted octanol–water partition coefficient (Wildman–Crippen LogP) is 2.48. The summed E-state index contributed by atoms with van der Waals surface area (Å²) in [5, 5.41) is 18.7. The van der Waals surface area contributed by atoms with Gasteiger partial charge in [-0.2, -0.15) is 22.0 Å². The van der Waals surface area contributed by atoms with Gasteiger partial charge in [0, 0.05) is 29.8 Å². The second kappa shape index (κ2) is 7.54. The molecule has 0 saturated heterocycles. The summed E-state index contributed by atoms with van der Waals surface area (Å²) < 4.78 is 66.7. The lowest BCUT2D eigenvalue weighted by Crippen LogP contribution is -2.33. The number of imidazole rings is 1. The minimum Gasteiger partial charge on any atom is -0.423 e. The Kier molecular flexibility index (Phi) is 5.58. The molecule has 0 atom stereocenters. The second-order valence-corrected chi connectivity index (χ2v) is 7.36. The average molecular weight is 432 g/mol. The zero-order valence-corrected chi connectivity index (χ0v) is 15.9. The maximum Gasteiger partial charge on any atom is 0.490 e. The van der Waals surface area contributed by atoms with Gasteiger partial charge in [-0.05, 0) is 17.9 Å². The number of thioether (sulfide) groups is 1. The van der Waals surface area contributed by atoms with Crippen molar-refractivity contribution in [1.82, 2.24) is 19.5 Å². The van der Waals surface area contributed by atoms with Crippen LogP contribution in [0.3, 0.4) is 0 Å². The van der Waals surface area contributed by atoms with Gasteiger partial charge in [0.05, 0.1) is 5.56 Å². The van der Waals surface area contributed by atoms with Crippen molar-refractivity contribution < 1.29 is 32.0 Å². The number of aromatic nitrogens is 4. The smallest absolute Gasteiger partial charge is 0.423 e. The van der Waals surface area contributed by atoms with Gasteiger partial charge in [0.25, 0.3) is 0 Å². The highest BCUT2D eigenvalue weighted by Crippen LogP contribution is 2.44. The number of rotatable bonds is 5. The van der Waals surface area contributed by atoms with E-state index in [0.29, 0.717) is 28.6 Å². The Hall–Kier alpha value is -2.25. The van der Waals surface area contributed by atoms with Gasteiger partial charge in [0.1, 0.15) is 11.2 Å². The summed E-state index contributed by atoms with van der Waals surface area (Å²) in [4.78, 5) is 12.6. The maximum atomic E-state index is 13.6. The van der Waals surface area contributed by atoms with Crippen LogP contribution in [0.1, 0.15) is 12.5 Å². The summed E-state index contributed by atoms with van der Waals surface area (Å²) >= 11 is 1.33. The van der Waals surface area contributed by atoms with Crippen molar-refractivity contribution in [3.8, 4) is 11.5 Å². The molecule has 0 aliphatic rings. The van der Waals surface area contributed by atoms with E-state index in [4.69, 9.17) is 0 Å². The number of alkyl halides is 5. The van der Waals surface area contributed by atoms with Crippen molar-refractivity contribution in [3.63, 3.8) is 0 Å². The van der Waals surface area contributed by atoms with Gasteiger partial charge in [-0.1, -0.05) is 6.92 Å². The van der Waals surface area contributed by atoms with Crippen LogP contribution >= 0.6 is 11.8 Å². The number of halogens is 5. The minimum atomic E-state index is -5.76. The van der Waals surface area contributed by atoms with Crippen molar-refractivity contribution in [2.45, 2.75) is 23.9 Å². The quantitative estimate of drug-likeness (QED) is 0.366. The first-order valence-corrected chi connectivity index (χ1v) is 9.22. The van der Waals surface area contributed by atoms with E-state index in [9.17, 15) is 32.0 Å². The SMILES string of the molecule is CCSc1cc(B(O)O)cnc1-c1nc2cc(C(F)(F)C(F)(F)F)cnc2n1C. The van der Waals surface area contributed by atoms with Gasteiger partial charge in [0.2, 0.25) is 0 Å². The van der Waals surface area contributed by atoms with Crippen LogP contribution in [0.25, 0.3) is 22.7 Å². The Morgan fingerprint density at radius 2 is 1.79 bits per heavy atom. The summed E-state index contributed by atoms with van der Waals surface area (Å²) in [6.45, 7) is 1.86. The molecule has 0 spiro atoms. The van der Waals surface area contributed by atoms with Crippen LogP contribution in [-0.2, 0) is 13.0 Å². The molecule has 29 heavy (non-hydrogen) atoms. The number of fused-ring (bicyclic) bond motifs is 1. The van der Waals surface area contributed by atoms with Crippen molar-refractivity contribution in [2.75, 3.05) is 5.75 Å². The molecule has 0 aliphatic heterocycles. The third-order valence-electron chi connectivity index (χ3n) is 4.11. The van der Waals surface area contributed by atoms with E-state index in [0.717, 1.165) is 0 Å². The van der Waals surface area contributed by atoms with Crippen LogP contribution in [0.5, 0.6) is 0 Å². The molecule has 0 bridgehead atoms. The van der Waals surface area contributed by atoms with Crippen LogP contribution in [0.15, 0.2) is 29.4 Å². The Bertz CT molecular complexity index is 1060. The van der Waals surface area contributed by atoms with Gasteiger partial charge < -0.3 is 14.6 Å². The van der Waals surface area contributed by atoms with Gasteiger partial charge in [-0.25, -0.2) is 9.97 Å². The number of hydrogen-bond donors (Lipinski definition) is 2. The molecule has 13 heteroatoms. The van der Waals surface area contributed by atoms with Gasteiger partial charge in [-0.15, -0.1) is 11.8 Å². The number of pyridine rings is 2. The first-order valence-electron chi connectivity index (χ1n) is 8.24. The Morgan fingerprint density at radius 1 is 1.10 bits per heavy atom. The summed E-state index contributed by atoms with van der Waals surface area (Å²) in [6.07, 6.45) is -4.06. The molecule has 0 fully saturated rings. The predicted molar refractivity (Wildman–Crippen MR) is 97.9 cm³/mol. The molecule has 0 unspecified atom stereocenters. The van der Waals surface area contributed by atoms with E-state index in [1.165, 1.54) is 35.6 Å². The van der Waals surface area contributed by atoms with Crippen LogP contribution in [-0.4, -0.2) is 48.6 Å². The molecule has 0 saturated carbocycles. The fourth-order valence-corrected chi connectivity index (χ4v) is 3.47. The second-order valence-electron chi connectivity index (χ2n) is 6.06. The monoisotopic (exact) mass is 432 g/mol. The highest BCUT2D eigenvalue weighted by atomic mass is 32.2. The van der Waals surface area contributed by atoms with Crippen molar-refractivity contribution >= 4 is 35.5 Å². The van der Waals surface area contributed by atoms with Crippen LogP contribution in [0.4, 0.5) is 22.0 Å². The summed E-state index contributed by atoms with van der Waals surface area (Å²) in [6, 6.07) is 2.15. The van der Waals surface area contributed by atoms with E-state index < -0.39 is 24.8 Å². The number of hydrogen-bond acceptors (Lipinski definition) is 6. The Balaban J connectivity index is 2.16. The fourth-order valence-electron chi connectivity index (χ4n) is 2.66. The van der Waals surface area contributed by atoms with Crippen LogP contribution in [0, 0.1) is 0 Å². The molecule has 0 amide bonds. The van der Waals surface area contributed by atoms with Crippen LogP contribution in [0.2, 0.25) is 0 Å². The topological polar surface area (TPSA) is 84.1 Å². The molecule has 0 radical (unpaired) electrons. The zero-order chi connectivity index (χ0) is 21.6. The zero-order valence-electron chi connectivity index (χ0n) is 15.1. The lowest BCUT2D eigenvalue weighted by atomic mass is 9.81. The maximum absolute atomic E-state index is 13.6. The van der Waals surface area contributed by atoms with E-state index >= 15 is 0 Å². The molecular weight excluding hydrogens is 418 g/mol. The summed E-state index contributed by atoms with van der Waals surface area (Å²) in [7, 11) is -0.210. The minimum absolute atomic E-state index is 0.0993. The third kappa shape index (κ3) is 3.81.